The maximum Gasteiger partial charge on any atom is 0.183 e. The Morgan fingerprint density at radius 3 is 2.30 bits per heavy atom. The molecular weight excluding hydrogens is 250 g/mol. The highest BCUT2D eigenvalue weighted by Gasteiger charge is 2.46. The Morgan fingerprint density at radius 1 is 1.10 bits per heavy atom. The van der Waals surface area contributed by atoms with Crippen LogP contribution in [0, 0.1) is 6.92 Å². The van der Waals surface area contributed by atoms with Gasteiger partial charge in [-0.2, -0.15) is 0 Å². The zero-order valence-electron chi connectivity index (χ0n) is 12.2. The molecule has 0 aromatic heterocycles. The van der Waals surface area contributed by atoms with Crippen molar-refractivity contribution in [3.8, 4) is 0 Å². The van der Waals surface area contributed by atoms with E-state index >= 15 is 0 Å². The number of morpholine rings is 1. The van der Waals surface area contributed by atoms with E-state index in [0.29, 0.717) is 5.78 Å². The summed E-state index contributed by atoms with van der Waals surface area (Å²) in [5, 5.41) is 0. The van der Waals surface area contributed by atoms with Gasteiger partial charge < -0.3 is 4.74 Å². The molecule has 0 bridgehead atoms. The number of aryl methyl sites for hydroxylation is 1. The first-order chi connectivity index (χ1) is 9.72. The van der Waals surface area contributed by atoms with Gasteiger partial charge in [0.2, 0.25) is 0 Å². The van der Waals surface area contributed by atoms with Crippen molar-refractivity contribution in [1.82, 2.24) is 4.90 Å². The van der Waals surface area contributed by atoms with Gasteiger partial charge in [0.1, 0.15) is 0 Å². The molecule has 20 heavy (non-hydrogen) atoms. The van der Waals surface area contributed by atoms with Gasteiger partial charge in [-0.3, -0.25) is 9.69 Å². The van der Waals surface area contributed by atoms with E-state index in [0.717, 1.165) is 57.6 Å². The minimum atomic E-state index is -0.265. The third kappa shape index (κ3) is 2.40. The van der Waals surface area contributed by atoms with Gasteiger partial charge in [-0.1, -0.05) is 42.7 Å². The lowest BCUT2D eigenvalue weighted by Crippen LogP contribution is -2.56. The second kappa shape index (κ2) is 5.66. The van der Waals surface area contributed by atoms with Gasteiger partial charge in [-0.25, -0.2) is 0 Å². The second-order valence-electron chi connectivity index (χ2n) is 6.03. The molecule has 1 heterocycles. The molecule has 0 radical (unpaired) electrons. The Kier molecular flexibility index (Phi) is 3.90. The van der Waals surface area contributed by atoms with E-state index in [1.165, 1.54) is 5.56 Å². The highest BCUT2D eigenvalue weighted by molar-refractivity contribution is 6.03. The molecule has 1 saturated carbocycles. The molecule has 1 aliphatic heterocycles. The zero-order valence-corrected chi connectivity index (χ0v) is 12.2. The fourth-order valence-corrected chi connectivity index (χ4v) is 3.61. The Hall–Kier alpha value is -1.19. The molecule has 108 valence electrons. The predicted molar refractivity (Wildman–Crippen MR) is 79.1 cm³/mol. The summed E-state index contributed by atoms with van der Waals surface area (Å²) >= 11 is 0. The fraction of sp³-hybridized carbons (Fsp3) is 0.588. The van der Waals surface area contributed by atoms with E-state index < -0.39 is 0 Å². The van der Waals surface area contributed by atoms with Crippen LogP contribution in [0.4, 0.5) is 0 Å². The average molecular weight is 273 g/mol. The minimum Gasteiger partial charge on any atom is -0.379 e. The summed E-state index contributed by atoms with van der Waals surface area (Å²) in [5.41, 5.74) is 1.80. The van der Waals surface area contributed by atoms with Crippen LogP contribution in [0.3, 0.4) is 0 Å². The third-order valence-electron chi connectivity index (χ3n) is 4.78. The Morgan fingerprint density at radius 2 is 1.70 bits per heavy atom. The average Bonchev–Trinajstić information content (AvgIpc) is 2.99. The number of carbonyl (C=O) groups excluding carboxylic acids is 1. The van der Waals surface area contributed by atoms with Crippen LogP contribution in [-0.2, 0) is 4.74 Å². The van der Waals surface area contributed by atoms with Crippen LogP contribution < -0.4 is 0 Å². The predicted octanol–water partition coefficient (Wildman–Crippen LogP) is 2.82. The third-order valence-corrected chi connectivity index (χ3v) is 4.78. The number of ketones is 1. The number of hydrogen-bond acceptors (Lipinski definition) is 3. The van der Waals surface area contributed by atoms with Crippen LogP contribution >= 0.6 is 0 Å². The molecule has 0 amide bonds. The van der Waals surface area contributed by atoms with Gasteiger partial charge >= 0.3 is 0 Å². The molecule has 1 aliphatic carbocycles. The van der Waals surface area contributed by atoms with Crippen molar-refractivity contribution in [2.45, 2.75) is 38.1 Å². The van der Waals surface area contributed by atoms with E-state index in [2.05, 4.69) is 11.8 Å². The van der Waals surface area contributed by atoms with Gasteiger partial charge in [0, 0.05) is 18.7 Å². The number of ether oxygens (including phenoxy) is 1. The first kappa shape index (κ1) is 13.8. The molecule has 2 aliphatic rings. The fourth-order valence-electron chi connectivity index (χ4n) is 3.61. The molecule has 1 aromatic carbocycles. The number of benzene rings is 1. The first-order valence-electron chi connectivity index (χ1n) is 7.67. The minimum absolute atomic E-state index is 0.265. The largest absolute Gasteiger partial charge is 0.379 e. The first-order valence-corrected chi connectivity index (χ1v) is 7.67. The highest BCUT2D eigenvalue weighted by atomic mass is 16.5. The van der Waals surface area contributed by atoms with Crippen molar-refractivity contribution in [2.75, 3.05) is 26.3 Å². The van der Waals surface area contributed by atoms with E-state index in [4.69, 9.17) is 4.74 Å². The number of rotatable bonds is 3. The molecule has 0 spiro atoms. The molecule has 1 aromatic rings. The quantitative estimate of drug-likeness (QED) is 0.793. The molecule has 0 atom stereocenters. The van der Waals surface area contributed by atoms with Gasteiger partial charge in [0.05, 0.1) is 18.8 Å². The summed E-state index contributed by atoms with van der Waals surface area (Å²) in [6.07, 6.45) is 4.32. The summed E-state index contributed by atoms with van der Waals surface area (Å²) in [6, 6.07) is 8.04. The monoisotopic (exact) mass is 273 g/mol. The molecular formula is C17H23NO2. The normalized spacial score (nSPS) is 22.9. The standard InChI is InChI=1S/C17H23NO2/c1-14-4-6-15(7-5-14)16(19)17(8-2-3-9-17)18-10-12-20-13-11-18/h4-7H,2-3,8-13H2,1H3. The van der Waals surface area contributed by atoms with E-state index in [1.807, 2.05) is 24.3 Å². The second-order valence-corrected chi connectivity index (χ2v) is 6.03. The van der Waals surface area contributed by atoms with Crippen molar-refractivity contribution >= 4 is 5.78 Å². The number of nitrogens with zero attached hydrogens (tertiary/aromatic N) is 1. The smallest absolute Gasteiger partial charge is 0.183 e. The molecule has 1 saturated heterocycles. The Bertz CT molecular complexity index is 468. The summed E-state index contributed by atoms with van der Waals surface area (Å²) in [7, 11) is 0. The Balaban J connectivity index is 1.89. The maximum absolute atomic E-state index is 13.1. The zero-order chi connectivity index (χ0) is 14.0. The molecule has 3 heteroatoms. The summed E-state index contributed by atoms with van der Waals surface area (Å²) < 4.78 is 5.45. The number of hydrogen-bond donors (Lipinski definition) is 0. The van der Waals surface area contributed by atoms with Crippen molar-refractivity contribution < 1.29 is 9.53 Å². The van der Waals surface area contributed by atoms with E-state index in [9.17, 15) is 4.79 Å². The van der Waals surface area contributed by atoms with Crippen LogP contribution in [0.2, 0.25) is 0 Å². The molecule has 3 rings (SSSR count). The van der Waals surface area contributed by atoms with Crippen molar-refractivity contribution in [3.63, 3.8) is 0 Å². The number of carbonyl (C=O) groups is 1. The summed E-state index contributed by atoms with van der Waals surface area (Å²) in [5.74, 6) is 0.317. The highest BCUT2D eigenvalue weighted by Crippen LogP contribution is 2.38. The topological polar surface area (TPSA) is 29.5 Å². The molecule has 3 nitrogen and oxygen atoms in total. The van der Waals surface area contributed by atoms with E-state index in [-0.39, 0.29) is 5.54 Å². The van der Waals surface area contributed by atoms with Crippen molar-refractivity contribution in [3.05, 3.63) is 35.4 Å². The maximum atomic E-state index is 13.1. The van der Waals surface area contributed by atoms with Crippen LogP contribution in [0.5, 0.6) is 0 Å². The molecule has 0 unspecified atom stereocenters. The SMILES string of the molecule is Cc1ccc(C(=O)C2(N3CCOCC3)CCCC2)cc1. The van der Waals surface area contributed by atoms with E-state index in [1.54, 1.807) is 0 Å². The van der Waals surface area contributed by atoms with Crippen molar-refractivity contribution in [2.24, 2.45) is 0 Å². The van der Waals surface area contributed by atoms with Crippen molar-refractivity contribution in [1.29, 1.82) is 0 Å². The van der Waals surface area contributed by atoms with Crippen LogP contribution in [0.1, 0.15) is 41.6 Å². The molecule has 2 fully saturated rings. The lowest BCUT2D eigenvalue weighted by Gasteiger charge is -2.42. The Labute approximate surface area is 120 Å². The van der Waals surface area contributed by atoms with Crippen LogP contribution in [-0.4, -0.2) is 42.5 Å². The van der Waals surface area contributed by atoms with Gasteiger partial charge in [-0.05, 0) is 19.8 Å². The number of Topliss-reactive ketones (excluding diaryl/α,β-unsaturated/α-hetero) is 1. The molecule has 0 N–H and O–H groups in total. The lowest BCUT2D eigenvalue weighted by atomic mass is 9.85. The van der Waals surface area contributed by atoms with Gasteiger partial charge in [0.25, 0.3) is 0 Å². The van der Waals surface area contributed by atoms with Gasteiger partial charge in [0.15, 0.2) is 5.78 Å². The van der Waals surface area contributed by atoms with Crippen LogP contribution in [0.15, 0.2) is 24.3 Å². The summed E-state index contributed by atoms with van der Waals surface area (Å²) in [6.45, 7) is 5.34. The van der Waals surface area contributed by atoms with Crippen LogP contribution in [0.25, 0.3) is 0 Å². The lowest BCUT2D eigenvalue weighted by molar-refractivity contribution is -0.0130. The summed E-state index contributed by atoms with van der Waals surface area (Å²) in [4.78, 5) is 15.5. The van der Waals surface area contributed by atoms with Gasteiger partial charge in [-0.15, -0.1) is 0 Å².